The molecule has 6 nitrogen and oxygen atoms in total. The topological polar surface area (TPSA) is 84.9 Å². The van der Waals surface area contributed by atoms with Crippen LogP contribution in [0, 0.1) is 0 Å². The van der Waals surface area contributed by atoms with E-state index in [0.29, 0.717) is 11.8 Å². The van der Waals surface area contributed by atoms with E-state index in [1.165, 1.54) is 18.2 Å². The summed E-state index contributed by atoms with van der Waals surface area (Å²) in [6.45, 7) is 5.97. The highest BCUT2D eigenvalue weighted by Gasteiger charge is 2.32. The Labute approximate surface area is 181 Å². The fourth-order valence-corrected chi connectivity index (χ4v) is 2.76. The van der Waals surface area contributed by atoms with Gasteiger partial charge in [0.05, 0.1) is 10.6 Å². The fraction of sp³-hybridized carbons (Fsp3) is 0.333. The van der Waals surface area contributed by atoms with E-state index in [1.54, 1.807) is 20.8 Å². The van der Waals surface area contributed by atoms with Gasteiger partial charge in [0.25, 0.3) is 0 Å². The van der Waals surface area contributed by atoms with Crippen LogP contribution in [0.15, 0.2) is 30.3 Å². The van der Waals surface area contributed by atoms with Crippen LogP contribution in [-0.4, -0.2) is 22.6 Å². The fourth-order valence-electron chi connectivity index (χ4n) is 2.52. The van der Waals surface area contributed by atoms with Gasteiger partial charge in [0.2, 0.25) is 0 Å². The number of phenolic OH excluding ortho intramolecular Hbond substituents is 1. The Balaban J connectivity index is 2.31. The van der Waals surface area contributed by atoms with Gasteiger partial charge in [-0.2, -0.15) is 13.2 Å². The largest absolute Gasteiger partial charge is 0.506 e. The maximum Gasteiger partial charge on any atom is 0.416 e. The van der Waals surface area contributed by atoms with Crippen LogP contribution < -0.4 is 10.1 Å². The summed E-state index contributed by atoms with van der Waals surface area (Å²) < 4.78 is 49.4. The lowest BCUT2D eigenvalue weighted by Gasteiger charge is -2.20. The lowest BCUT2D eigenvalue weighted by molar-refractivity contribution is -0.137. The van der Waals surface area contributed by atoms with Crippen LogP contribution in [0.2, 0.25) is 5.02 Å². The highest BCUT2D eigenvalue weighted by molar-refractivity contribution is 6.32. The molecule has 0 spiro atoms. The molecule has 0 unspecified atom stereocenters. The zero-order chi connectivity index (χ0) is 23.6. The van der Waals surface area contributed by atoms with Crippen molar-refractivity contribution in [2.75, 3.05) is 5.32 Å². The molecule has 0 atom stereocenters. The van der Waals surface area contributed by atoms with Crippen molar-refractivity contribution in [1.29, 1.82) is 0 Å². The molecule has 0 amide bonds. The van der Waals surface area contributed by atoms with Gasteiger partial charge in [-0.3, -0.25) is 4.79 Å². The zero-order valence-corrected chi connectivity index (χ0v) is 17.9. The zero-order valence-electron chi connectivity index (χ0n) is 17.2. The van der Waals surface area contributed by atoms with Crippen LogP contribution in [0.1, 0.15) is 49.2 Å². The number of esters is 2. The molecule has 0 saturated carbocycles. The Morgan fingerprint density at radius 1 is 1.13 bits per heavy atom. The van der Waals surface area contributed by atoms with Crippen molar-refractivity contribution in [2.45, 2.75) is 46.0 Å². The molecule has 0 saturated heterocycles. The number of hydrogen-bond donors (Lipinski definition) is 2. The summed E-state index contributed by atoms with van der Waals surface area (Å²) in [4.78, 5) is 23.8. The van der Waals surface area contributed by atoms with Gasteiger partial charge in [-0.15, -0.1) is 0 Å². The average Bonchev–Trinajstić information content (AvgIpc) is 2.60. The normalized spacial score (nSPS) is 11.7. The van der Waals surface area contributed by atoms with Crippen molar-refractivity contribution in [3.63, 3.8) is 0 Å². The first-order chi connectivity index (χ1) is 14.2. The van der Waals surface area contributed by atoms with Crippen molar-refractivity contribution in [3.05, 3.63) is 52.0 Å². The molecule has 0 aromatic heterocycles. The van der Waals surface area contributed by atoms with E-state index in [9.17, 15) is 27.9 Å². The second-order valence-corrected chi connectivity index (χ2v) is 8.03. The number of nitrogens with one attached hydrogen (secondary N) is 1. The average molecular weight is 460 g/mol. The molecular formula is C21H21ClF3NO5. The summed E-state index contributed by atoms with van der Waals surface area (Å²) >= 11 is 5.71. The first-order valence-electron chi connectivity index (χ1n) is 9.05. The van der Waals surface area contributed by atoms with Gasteiger partial charge in [-0.05, 0) is 45.0 Å². The van der Waals surface area contributed by atoms with E-state index in [-0.39, 0.29) is 23.4 Å². The van der Waals surface area contributed by atoms with E-state index in [1.807, 2.05) is 0 Å². The summed E-state index contributed by atoms with van der Waals surface area (Å²) in [6, 6.07) is 5.55. The van der Waals surface area contributed by atoms with Crippen LogP contribution >= 0.6 is 11.6 Å². The number of alkyl halides is 3. The molecule has 2 aromatic rings. The highest BCUT2D eigenvalue weighted by atomic mass is 35.5. The number of carbonyl (C=O) groups is 2. The van der Waals surface area contributed by atoms with Crippen LogP contribution in [0.4, 0.5) is 18.9 Å². The minimum absolute atomic E-state index is 0.000588. The van der Waals surface area contributed by atoms with E-state index >= 15 is 0 Å². The third-order valence-electron chi connectivity index (χ3n) is 3.81. The van der Waals surface area contributed by atoms with Gasteiger partial charge >= 0.3 is 18.1 Å². The molecule has 2 aromatic carbocycles. The quantitative estimate of drug-likeness (QED) is 0.450. The van der Waals surface area contributed by atoms with E-state index < -0.39 is 40.1 Å². The van der Waals surface area contributed by atoms with Gasteiger partial charge in [0, 0.05) is 30.8 Å². The minimum Gasteiger partial charge on any atom is -0.506 e. The van der Waals surface area contributed by atoms with E-state index in [2.05, 4.69) is 5.32 Å². The third kappa shape index (κ3) is 6.78. The third-order valence-corrected chi connectivity index (χ3v) is 4.09. The van der Waals surface area contributed by atoms with E-state index in [4.69, 9.17) is 21.1 Å². The number of halogens is 4. The Hall–Kier alpha value is -2.94. The van der Waals surface area contributed by atoms with Crippen LogP contribution in [0.25, 0.3) is 0 Å². The van der Waals surface area contributed by atoms with E-state index in [0.717, 1.165) is 13.0 Å². The Morgan fingerprint density at radius 2 is 1.77 bits per heavy atom. The number of aromatic hydroxyl groups is 1. The second kappa shape index (κ2) is 9.05. The number of anilines is 1. The molecule has 0 aliphatic heterocycles. The summed E-state index contributed by atoms with van der Waals surface area (Å²) in [5, 5.41) is 12.4. The van der Waals surface area contributed by atoms with Crippen molar-refractivity contribution in [1.82, 2.24) is 0 Å². The monoisotopic (exact) mass is 459 g/mol. The molecule has 31 heavy (non-hydrogen) atoms. The highest BCUT2D eigenvalue weighted by Crippen LogP contribution is 2.37. The van der Waals surface area contributed by atoms with Crippen molar-refractivity contribution in [3.8, 4) is 11.5 Å². The summed E-state index contributed by atoms with van der Waals surface area (Å²) in [6.07, 6.45) is -4.64. The number of carbonyl (C=O) groups excluding carboxylic acids is 2. The maximum atomic E-state index is 13.0. The number of hydrogen-bond acceptors (Lipinski definition) is 6. The molecule has 0 heterocycles. The lowest BCUT2D eigenvalue weighted by Crippen LogP contribution is -2.24. The summed E-state index contributed by atoms with van der Waals surface area (Å²) in [5.41, 5.74) is -1.56. The molecule has 10 heteroatoms. The van der Waals surface area contributed by atoms with Gasteiger partial charge in [-0.25, -0.2) is 4.79 Å². The smallest absolute Gasteiger partial charge is 0.416 e. The first-order valence-corrected chi connectivity index (χ1v) is 9.43. The molecule has 168 valence electrons. The van der Waals surface area contributed by atoms with Gasteiger partial charge in [0.15, 0.2) is 0 Å². The predicted octanol–water partition coefficient (Wildman–Crippen LogP) is 5.56. The molecule has 0 bridgehead atoms. The van der Waals surface area contributed by atoms with Gasteiger partial charge in [0.1, 0.15) is 22.7 Å². The maximum absolute atomic E-state index is 13.0. The van der Waals surface area contributed by atoms with Crippen molar-refractivity contribution in [2.24, 2.45) is 0 Å². The Kier molecular flexibility index (Phi) is 7.10. The predicted molar refractivity (Wildman–Crippen MR) is 108 cm³/mol. The summed E-state index contributed by atoms with van der Waals surface area (Å²) in [5.74, 6) is -1.97. The van der Waals surface area contributed by atoms with Crippen LogP contribution in [0.5, 0.6) is 11.5 Å². The Morgan fingerprint density at radius 3 is 2.32 bits per heavy atom. The van der Waals surface area contributed by atoms with Crippen LogP contribution in [-0.2, 0) is 22.3 Å². The standard InChI is InChI=1S/C21H21ClF3NO5/c1-11(27)30-17-9-14(5-6-15(17)19(29)31-20(2,3)4)26-10-12-7-13(21(23,24)25)8-16(22)18(12)28/h5-9,26,28H,10H2,1-4H3. The molecule has 0 aliphatic carbocycles. The summed E-state index contributed by atoms with van der Waals surface area (Å²) in [7, 11) is 0. The number of phenols is 1. The number of benzene rings is 2. The molecular weight excluding hydrogens is 439 g/mol. The Bertz CT molecular complexity index is 1000. The lowest BCUT2D eigenvalue weighted by atomic mass is 10.1. The molecule has 0 aliphatic rings. The number of ether oxygens (including phenoxy) is 2. The minimum atomic E-state index is -4.64. The van der Waals surface area contributed by atoms with Gasteiger partial charge in [-0.1, -0.05) is 11.6 Å². The van der Waals surface area contributed by atoms with Crippen LogP contribution in [0.3, 0.4) is 0 Å². The number of rotatable bonds is 5. The first kappa shape index (κ1) is 24.3. The molecule has 0 radical (unpaired) electrons. The second-order valence-electron chi connectivity index (χ2n) is 7.62. The molecule has 2 N–H and O–H groups in total. The van der Waals surface area contributed by atoms with Crippen molar-refractivity contribution < 1.29 is 37.3 Å². The molecule has 0 fully saturated rings. The SMILES string of the molecule is CC(=O)Oc1cc(NCc2cc(C(F)(F)F)cc(Cl)c2O)ccc1C(=O)OC(C)(C)C. The van der Waals surface area contributed by atoms with Gasteiger partial charge < -0.3 is 19.9 Å². The molecule has 2 rings (SSSR count). The van der Waals surface area contributed by atoms with Crippen molar-refractivity contribution >= 4 is 29.2 Å².